The van der Waals surface area contributed by atoms with E-state index >= 15 is 0 Å². The van der Waals surface area contributed by atoms with Gasteiger partial charge in [-0.25, -0.2) is 0 Å². The molecule has 0 N–H and O–H groups in total. The van der Waals surface area contributed by atoms with E-state index in [4.69, 9.17) is 75.8 Å². The molecule has 0 bridgehead atoms. The van der Waals surface area contributed by atoms with Gasteiger partial charge in [0.15, 0.2) is 0 Å². The average molecular weight is 1480 g/mol. The highest BCUT2D eigenvalue weighted by atomic mass is 16.6. The molecule has 8 saturated heterocycles. The van der Waals surface area contributed by atoms with Gasteiger partial charge >= 0.3 is 0 Å². The quantitative estimate of drug-likeness (QED) is 0.0334. The molecule has 0 radical (unpaired) electrons. The van der Waals surface area contributed by atoms with Crippen molar-refractivity contribution >= 4 is 0 Å². The Morgan fingerprint density at radius 3 is 0.565 bits per heavy atom. The lowest BCUT2D eigenvalue weighted by Gasteiger charge is -2.33. The highest BCUT2D eigenvalue weighted by molar-refractivity contribution is 5.53. The molecule has 16 nitrogen and oxygen atoms in total. The number of hydrogen-bond donors (Lipinski definition) is 0. The summed E-state index contributed by atoms with van der Waals surface area (Å²) in [5.74, 6) is 7.93. The van der Waals surface area contributed by atoms with Crippen LogP contribution < -0.4 is 33.2 Å². The largest absolute Gasteiger partial charge is 0.491 e. The van der Waals surface area contributed by atoms with Crippen LogP contribution >= 0.6 is 0 Å². The molecular formula is C92H114O16. The molecule has 8 heterocycles. The van der Waals surface area contributed by atoms with Crippen LogP contribution in [0.25, 0.3) is 0 Å². The van der Waals surface area contributed by atoms with Crippen LogP contribution in [0.1, 0.15) is 90.1 Å². The molecule has 0 saturated carbocycles. The van der Waals surface area contributed by atoms with Crippen LogP contribution in [0, 0.1) is 11.8 Å². The topological polar surface area (TPSA) is 174 Å². The lowest BCUT2D eigenvalue weighted by atomic mass is 9.70. The average Bonchev–Trinajstić information content (AvgIpc) is 1.06. The van der Waals surface area contributed by atoms with E-state index in [2.05, 4.69) is 159 Å². The van der Waals surface area contributed by atoms with E-state index in [1.807, 2.05) is 158 Å². The second-order valence-corrected chi connectivity index (χ2v) is 29.0. The fraction of sp³-hybridized carbons (Fsp3) is 0.413. The molecule has 9 aromatic rings. The maximum absolute atomic E-state index is 5.94. The zero-order valence-corrected chi connectivity index (χ0v) is 64.9. The Morgan fingerprint density at radius 1 is 0.241 bits per heavy atom. The maximum Gasteiger partial charge on any atom is 0.119 e. The minimum atomic E-state index is -0.400. The van der Waals surface area contributed by atoms with Crippen LogP contribution in [0.15, 0.2) is 255 Å². The normalized spacial score (nSPS) is 20.3. The Hall–Kier alpha value is -8.78. The standard InChI is InChI=1S/C38H40O6.4C9H10O2.C6H6.C4H8O2.2C4H10/c1-37(2,27-8-14-31(15-9-27)39-20-34-23-42-34)26-4-6-28(7-5-26)38(3,29-10-16-32(17-11-29)40-21-35-24-43-35)30-12-18-33(19-13-30)41-22-36-25-44-36;4*1-2-4-8(5-3-1)10-6-9-7-11-9;1-2-4-6-5-3-1;1-5-2-4-3-6-4;2*1-4(2)3/h4-19,34-36H,20-25H2,1-3H3;4*1-5,9H,6-7H2;1-6H;4H,2-3H2,1H3;2*4H,1-3H3. The van der Waals surface area contributed by atoms with Gasteiger partial charge in [-0.2, -0.15) is 0 Å². The third kappa shape index (κ3) is 34.6. The van der Waals surface area contributed by atoms with Gasteiger partial charge in [-0.05, 0) is 132 Å². The van der Waals surface area contributed by atoms with Crippen LogP contribution in [0.5, 0.6) is 40.2 Å². The molecule has 0 aliphatic carbocycles. The van der Waals surface area contributed by atoms with Crippen molar-refractivity contribution in [1.29, 1.82) is 0 Å². The van der Waals surface area contributed by atoms with Crippen LogP contribution in [0.4, 0.5) is 0 Å². The first kappa shape index (κ1) is 83.3. The molecule has 8 atom stereocenters. The summed E-state index contributed by atoms with van der Waals surface area (Å²) in [5, 5.41) is 0. The summed E-state index contributed by atoms with van der Waals surface area (Å²) in [6, 6.07) is 85.6. The van der Waals surface area contributed by atoms with Crippen molar-refractivity contribution in [2.45, 2.75) is 122 Å². The first-order chi connectivity index (χ1) is 52.6. The van der Waals surface area contributed by atoms with Crippen molar-refractivity contribution in [3.8, 4) is 40.2 Å². The van der Waals surface area contributed by atoms with Gasteiger partial charge in [-0.3, -0.25) is 0 Å². The molecule has 578 valence electrons. The Bertz CT molecular complexity index is 3460. The van der Waals surface area contributed by atoms with E-state index in [9.17, 15) is 0 Å². The number of epoxide rings is 8. The Balaban J connectivity index is 0.000000168. The second kappa shape index (κ2) is 45.3. The first-order valence-electron chi connectivity index (χ1n) is 38.0. The maximum atomic E-state index is 5.94. The Kier molecular flexibility index (Phi) is 34.9. The van der Waals surface area contributed by atoms with E-state index in [-0.39, 0.29) is 23.7 Å². The van der Waals surface area contributed by atoms with E-state index in [1.54, 1.807) is 7.11 Å². The van der Waals surface area contributed by atoms with Gasteiger partial charge in [0.25, 0.3) is 0 Å². The van der Waals surface area contributed by atoms with Gasteiger partial charge in [-0.15, -0.1) is 0 Å². The number of methoxy groups -OCH3 is 1. The van der Waals surface area contributed by atoms with Crippen LogP contribution in [0.2, 0.25) is 0 Å². The number of benzene rings is 9. The van der Waals surface area contributed by atoms with Gasteiger partial charge in [0.05, 0.1) is 59.5 Å². The predicted molar refractivity (Wildman–Crippen MR) is 425 cm³/mol. The van der Waals surface area contributed by atoms with E-state index in [0.717, 1.165) is 112 Å². The molecule has 8 aliphatic heterocycles. The number of ether oxygens (including phenoxy) is 16. The lowest BCUT2D eigenvalue weighted by Crippen LogP contribution is -2.26. The van der Waals surface area contributed by atoms with E-state index in [1.165, 1.54) is 27.8 Å². The number of para-hydroxylation sites is 4. The molecule has 16 heteroatoms. The molecule has 0 aromatic heterocycles. The molecule has 8 unspecified atom stereocenters. The molecule has 17 rings (SSSR count). The van der Waals surface area contributed by atoms with Crippen LogP contribution in [-0.4, -0.2) is 162 Å². The lowest BCUT2D eigenvalue weighted by molar-refractivity contribution is 0.171. The van der Waals surface area contributed by atoms with Gasteiger partial charge in [-0.1, -0.05) is 225 Å². The molecule has 108 heavy (non-hydrogen) atoms. The van der Waals surface area contributed by atoms with Crippen molar-refractivity contribution in [1.82, 2.24) is 0 Å². The summed E-state index contributed by atoms with van der Waals surface area (Å²) < 4.78 is 84.8. The third-order valence-corrected chi connectivity index (χ3v) is 16.9. The van der Waals surface area contributed by atoms with E-state index in [0.29, 0.717) is 76.8 Å². The highest BCUT2D eigenvalue weighted by Crippen LogP contribution is 2.42. The minimum absolute atomic E-state index is 0.179. The fourth-order valence-corrected chi connectivity index (χ4v) is 9.90. The summed E-state index contributed by atoms with van der Waals surface area (Å²) in [6.07, 6.45) is 2.50. The Labute approximate surface area is 642 Å². The molecular weight excluding hydrogens is 1360 g/mol. The van der Waals surface area contributed by atoms with Crippen molar-refractivity contribution in [3.05, 3.63) is 283 Å². The molecule has 8 fully saturated rings. The van der Waals surface area contributed by atoms with Gasteiger partial charge in [0.1, 0.15) is 135 Å². The minimum Gasteiger partial charge on any atom is -0.491 e. The third-order valence-electron chi connectivity index (χ3n) is 16.9. The first-order valence-corrected chi connectivity index (χ1v) is 38.0. The van der Waals surface area contributed by atoms with E-state index < -0.39 is 5.41 Å². The van der Waals surface area contributed by atoms with Crippen molar-refractivity contribution in [2.24, 2.45) is 11.8 Å². The number of rotatable bonds is 28. The summed E-state index contributed by atoms with van der Waals surface area (Å²) in [4.78, 5) is 0. The summed E-state index contributed by atoms with van der Waals surface area (Å²) >= 11 is 0. The second-order valence-electron chi connectivity index (χ2n) is 29.0. The zero-order chi connectivity index (χ0) is 76.0. The summed E-state index contributed by atoms with van der Waals surface area (Å²) in [6.45, 7) is 31.8. The molecule has 0 amide bonds. The molecule has 0 spiro atoms. The van der Waals surface area contributed by atoms with Gasteiger partial charge in [0.2, 0.25) is 0 Å². The monoisotopic (exact) mass is 1470 g/mol. The number of hydrogen-bond acceptors (Lipinski definition) is 16. The molecule has 9 aromatic carbocycles. The van der Waals surface area contributed by atoms with Gasteiger partial charge < -0.3 is 75.8 Å². The van der Waals surface area contributed by atoms with Gasteiger partial charge in [0, 0.05) is 17.9 Å². The highest BCUT2D eigenvalue weighted by Gasteiger charge is 2.34. The Morgan fingerprint density at radius 2 is 0.389 bits per heavy atom. The van der Waals surface area contributed by atoms with Crippen molar-refractivity contribution < 1.29 is 75.8 Å². The van der Waals surface area contributed by atoms with Crippen molar-refractivity contribution in [2.75, 3.05) is 113 Å². The zero-order valence-electron chi connectivity index (χ0n) is 64.9. The van der Waals surface area contributed by atoms with Crippen molar-refractivity contribution in [3.63, 3.8) is 0 Å². The van der Waals surface area contributed by atoms with Crippen LogP contribution in [-0.2, 0) is 53.5 Å². The summed E-state index contributed by atoms with van der Waals surface area (Å²) in [7, 11) is 1.68. The predicted octanol–water partition coefficient (Wildman–Crippen LogP) is 17.6. The smallest absolute Gasteiger partial charge is 0.119 e. The SMILES string of the molecule is CC(C)(c1ccc(OCC2CO2)cc1)c1ccc(C(C)(c2ccc(OCC3CO3)cc2)c2ccc(OCC3CO3)cc2)cc1.CC(C)C.CC(C)C.COCC1CO1.c1ccc(OCC2CO2)cc1.c1ccc(OCC2CO2)cc1.c1ccc(OCC2CO2)cc1.c1ccc(OCC2CO2)cc1.c1ccccc1. The summed E-state index contributed by atoms with van der Waals surface area (Å²) in [5.41, 5.74) is 5.50. The fourth-order valence-electron chi connectivity index (χ4n) is 9.90. The molecule has 8 aliphatic rings. The van der Waals surface area contributed by atoms with Crippen LogP contribution in [0.3, 0.4) is 0 Å².